The van der Waals surface area contributed by atoms with E-state index in [2.05, 4.69) is 0 Å². The van der Waals surface area contributed by atoms with E-state index in [1.54, 1.807) is 12.1 Å². The number of phenols is 1. The van der Waals surface area contributed by atoms with Crippen LogP contribution in [-0.2, 0) is 28.7 Å². The van der Waals surface area contributed by atoms with Crippen molar-refractivity contribution in [1.29, 1.82) is 0 Å². The topological polar surface area (TPSA) is 181 Å². The number of carbonyl (C=O) groups is 6. The van der Waals surface area contributed by atoms with Crippen LogP contribution in [0.3, 0.4) is 0 Å². The van der Waals surface area contributed by atoms with Gasteiger partial charge in [-0.05, 0) is 31.6 Å². The first-order valence-electron chi connectivity index (χ1n) is 13.7. The first kappa shape index (κ1) is 28.3. The molecule has 1 amide bonds. The standard InChI is InChI=1S/C28H34N2O9Si/c1-30(2)21-20-24(39-11-31)17-14(10-40-12-6-3-4-7-12)13-8-5-9-15(32)16(13)22(33)18(17)25(35)28(20,38)26(36)19(23(21)34)27(29)37/h5,8-9,11-12,14,17-21,24,32,38H,3-4,6-7,10,40H2,1-2H3,(H2,29,37)/t14-,17+,18?,19?,20+,21-,24-,28-/m0/s1. The van der Waals surface area contributed by atoms with Crippen molar-refractivity contribution in [3.63, 3.8) is 0 Å². The molecule has 0 radical (unpaired) electrons. The molecule has 40 heavy (non-hydrogen) atoms. The van der Waals surface area contributed by atoms with Gasteiger partial charge in [-0.15, -0.1) is 0 Å². The van der Waals surface area contributed by atoms with Crippen LogP contribution in [0.15, 0.2) is 18.2 Å². The van der Waals surface area contributed by atoms with Crippen molar-refractivity contribution in [2.24, 2.45) is 29.4 Å². The molecule has 0 heterocycles. The number of amides is 1. The number of fused-ring (bicyclic) bond motifs is 3. The van der Waals surface area contributed by atoms with E-state index in [9.17, 15) is 39.0 Å². The molecular formula is C28H34N2O9Si. The lowest BCUT2D eigenvalue weighted by molar-refractivity contribution is -0.201. The average Bonchev–Trinajstić information content (AvgIpc) is 3.41. The maximum absolute atomic E-state index is 14.3. The molecule has 0 spiro atoms. The molecule has 12 heteroatoms. The highest BCUT2D eigenvalue weighted by Gasteiger charge is 2.74. The van der Waals surface area contributed by atoms with Crippen LogP contribution in [0.2, 0.25) is 11.6 Å². The number of primary amides is 1. The van der Waals surface area contributed by atoms with Crippen LogP contribution in [0.25, 0.3) is 0 Å². The van der Waals surface area contributed by atoms with E-state index < -0.39 is 85.9 Å². The number of hydrogen-bond donors (Lipinski definition) is 3. The summed E-state index contributed by atoms with van der Waals surface area (Å²) in [6.07, 6.45) is 3.11. The third-order valence-corrected chi connectivity index (χ3v) is 12.3. The third kappa shape index (κ3) is 3.99. The number of nitrogens with two attached hydrogens (primary N) is 1. The van der Waals surface area contributed by atoms with E-state index in [4.69, 9.17) is 10.5 Å². The maximum Gasteiger partial charge on any atom is 0.293 e. The number of benzene rings is 1. The van der Waals surface area contributed by atoms with Gasteiger partial charge in [-0.1, -0.05) is 49.4 Å². The van der Waals surface area contributed by atoms with Gasteiger partial charge < -0.3 is 20.7 Å². The Kier molecular flexibility index (Phi) is 7.30. The van der Waals surface area contributed by atoms with Crippen molar-refractivity contribution < 1.29 is 43.7 Å². The van der Waals surface area contributed by atoms with Crippen molar-refractivity contribution in [2.75, 3.05) is 14.1 Å². The van der Waals surface area contributed by atoms with E-state index in [0.717, 1.165) is 25.7 Å². The minimum absolute atomic E-state index is 0.0515. The molecule has 4 aliphatic rings. The lowest BCUT2D eigenvalue weighted by Crippen LogP contribution is -2.78. The van der Waals surface area contributed by atoms with Gasteiger partial charge in [0.25, 0.3) is 6.47 Å². The van der Waals surface area contributed by atoms with Crippen LogP contribution in [-0.4, -0.2) is 92.0 Å². The van der Waals surface area contributed by atoms with E-state index in [-0.39, 0.29) is 17.8 Å². The molecule has 1 aromatic rings. The Morgan fingerprint density at radius 1 is 1.18 bits per heavy atom. The molecule has 4 N–H and O–H groups in total. The molecule has 0 saturated heterocycles. The molecule has 3 saturated carbocycles. The van der Waals surface area contributed by atoms with Gasteiger partial charge in [0.05, 0.1) is 23.4 Å². The number of rotatable bonds is 7. The van der Waals surface area contributed by atoms with Crippen molar-refractivity contribution in [1.82, 2.24) is 4.90 Å². The summed E-state index contributed by atoms with van der Waals surface area (Å²) in [6, 6.07) is 3.90. The number of aliphatic hydroxyl groups is 1. The van der Waals surface area contributed by atoms with Crippen molar-refractivity contribution in [3.05, 3.63) is 29.3 Å². The summed E-state index contributed by atoms with van der Waals surface area (Å²) in [4.78, 5) is 80.9. The van der Waals surface area contributed by atoms with Crippen LogP contribution in [0, 0.1) is 23.7 Å². The van der Waals surface area contributed by atoms with Gasteiger partial charge in [-0.25, -0.2) is 0 Å². The van der Waals surface area contributed by atoms with Gasteiger partial charge in [0, 0.05) is 15.4 Å². The molecule has 2 unspecified atom stereocenters. The first-order chi connectivity index (χ1) is 19.0. The van der Waals surface area contributed by atoms with E-state index in [1.807, 2.05) is 0 Å². The number of aromatic hydroxyl groups is 1. The minimum atomic E-state index is -3.00. The quantitative estimate of drug-likeness (QED) is 0.220. The maximum atomic E-state index is 14.3. The van der Waals surface area contributed by atoms with Crippen LogP contribution < -0.4 is 5.73 Å². The van der Waals surface area contributed by atoms with E-state index in [1.165, 1.54) is 25.1 Å². The fraction of sp³-hybridized carbons (Fsp3) is 0.571. The first-order valence-corrected chi connectivity index (χ1v) is 15.5. The summed E-state index contributed by atoms with van der Waals surface area (Å²) < 4.78 is 5.56. The highest BCUT2D eigenvalue weighted by atomic mass is 28.2. The molecular weight excluding hydrogens is 536 g/mol. The number of ether oxygens (including phenoxy) is 1. The highest BCUT2D eigenvalue weighted by molar-refractivity contribution is 6.38. The van der Waals surface area contributed by atoms with Gasteiger partial charge in [-0.3, -0.25) is 33.7 Å². The summed E-state index contributed by atoms with van der Waals surface area (Å²) in [6.45, 7) is 0.133. The molecule has 3 fully saturated rings. The second kappa shape index (κ2) is 10.3. The molecule has 0 aromatic heterocycles. The summed E-state index contributed by atoms with van der Waals surface area (Å²) in [5.41, 5.74) is 3.44. The Bertz CT molecular complexity index is 1290. The smallest absolute Gasteiger partial charge is 0.293 e. The Hall–Kier alpha value is -3.22. The Balaban J connectivity index is 1.72. The van der Waals surface area contributed by atoms with Crippen LogP contribution in [0.1, 0.15) is 47.5 Å². The zero-order valence-electron chi connectivity index (χ0n) is 22.4. The molecule has 0 bridgehead atoms. The number of carbonyl (C=O) groups excluding carboxylic acids is 6. The number of likely N-dealkylation sites (N-methyl/N-ethyl adjacent to an activating group) is 1. The van der Waals surface area contributed by atoms with Crippen molar-refractivity contribution in [3.8, 4) is 5.75 Å². The normalized spacial score (nSPS) is 36.0. The molecule has 8 atom stereocenters. The fourth-order valence-electron chi connectivity index (χ4n) is 8.03. The minimum Gasteiger partial charge on any atom is -0.507 e. The van der Waals surface area contributed by atoms with Crippen molar-refractivity contribution in [2.45, 2.75) is 60.9 Å². The number of Topliss-reactive ketones (excluding diaryl/α,β-unsaturated/α-hetero) is 4. The Labute approximate surface area is 233 Å². The Morgan fingerprint density at radius 3 is 2.45 bits per heavy atom. The summed E-state index contributed by atoms with van der Waals surface area (Å²) in [5, 5.41) is 22.7. The van der Waals surface area contributed by atoms with Crippen molar-refractivity contribution >= 4 is 45.0 Å². The van der Waals surface area contributed by atoms with Crippen LogP contribution in [0.4, 0.5) is 0 Å². The molecule has 11 nitrogen and oxygen atoms in total. The summed E-state index contributed by atoms with van der Waals surface area (Å²) >= 11 is 0. The zero-order chi connectivity index (χ0) is 29.1. The monoisotopic (exact) mass is 570 g/mol. The lowest BCUT2D eigenvalue weighted by atomic mass is 9.49. The van der Waals surface area contributed by atoms with Gasteiger partial charge in [0.1, 0.15) is 11.9 Å². The number of hydrogen-bond acceptors (Lipinski definition) is 10. The van der Waals surface area contributed by atoms with Gasteiger partial charge >= 0.3 is 0 Å². The Morgan fingerprint density at radius 2 is 1.85 bits per heavy atom. The van der Waals surface area contributed by atoms with Crippen LogP contribution in [0.5, 0.6) is 5.75 Å². The molecule has 5 rings (SSSR count). The predicted octanol–water partition coefficient (Wildman–Crippen LogP) is -0.491. The number of nitrogens with zero attached hydrogens (tertiary/aromatic N) is 1. The summed E-state index contributed by atoms with van der Waals surface area (Å²) in [7, 11) is 2.21. The van der Waals surface area contributed by atoms with E-state index in [0.29, 0.717) is 17.1 Å². The molecule has 4 aliphatic carbocycles. The summed E-state index contributed by atoms with van der Waals surface area (Å²) in [5.74, 6) is -12.7. The average molecular weight is 571 g/mol. The van der Waals surface area contributed by atoms with Gasteiger partial charge in [0.15, 0.2) is 34.7 Å². The fourth-order valence-corrected chi connectivity index (χ4v) is 10.7. The second-order valence-electron chi connectivity index (χ2n) is 11.9. The largest absolute Gasteiger partial charge is 0.507 e. The third-order valence-electron chi connectivity index (χ3n) is 9.69. The molecule has 214 valence electrons. The van der Waals surface area contributed by atoms with Crippen LogP contribution >= 0.6 is 0 Å². The molecule has 0 aliphatic heterocycles. The van der Waals surface area contributed by atoms with Gasteiger partial charge in [0.2, 0.25) is 5.91 Å². The molecule has 1 aromatic carbocycles. The highest BCUT2D eigenvalue weighted by Crippen LogP contribution is 2.56. The number of phenolic OH excluding ortho intramolecular Hbond substituents is 1. The lowest BCUT2D eigenvalue weighted by Gasteiger charge is -2.56. The zero-order valence-corrected chi connectivity index (χ0v) is 23.9. The van der Waals surface area contributed by atoms with E-state index >= 15 is 0 Å². The SMILES string of the molecule is CN(C)[C@@H]1C(=O)C(C(N)=O)C(=O)[C@@]2(O)C(=O)C3C(=O)c4c(O)cccc4[C@H](C[SiH2]C4CCCC4)[C@H]3[C@H](OC=O)[C@@H]12. The predicted molar refractivity (Wildman–Crippen MR) is 142 cm³/mol. The number of ketones is 4. The second-order valence-corrected chi connectivity index (χ2v) is 14.2. The van der Waals surface area contributed by atoms with Gasteiger partial charge in [-0.2, -0.15) is 0 Å².